The Kier molecular flexibility index (Phi) is 6.40. The summed E-state index contributed by atoms with van der Waals surface area (Å²) in [5.41, 5.74) is 5.34. The Labute approximate surface area is 336 Å². The third-order valence-corrected chi connectivity index (χ3v) is 17.0. The lowest BCUT2D eigenvalue weighted by Crippen LogP contribution is -1.87. The molecule has 6 heterocycles. The average molecular weight is 787 g/mol. The zero-order chi connectivity index (χ0) is 36.8. The van der Waals surface area contributed by atoms with Gasteiger partial charge in [-0.3, -0.25) is 0 Å². The second kappa shape index (κ2) is 11.4. The van der Waals surface area contributed by atoms with E-state index in [1.807, 2.05) is 45.3 Å². The molecule has 0 saturated heterocycles. The molecule has 56 heavy (non-hydrogen) atoms. The van der Waals surface area contributed by atoms with Gasteiger partial charge in [0.2, 0.25) is 0 Å². The second-order valence-electron chi connectivity index (χ2n) is 14.8. The van der Waals surface area contributed by atoms with Crippen molar-refractivity contribution in [3.05, 3.63) is 146 Å². The van der Waals surface area contributed by atoms with Gasteiger partial charge < -0.3 is 9.13 Å². The van der Waals surface area contributed by atoms with Crippen molar-refractivity contribution in [2.75, 3.05) is 0 Å². The molecule has 0 aliphatic carbocycles. The SMILES string of the molecule is Cn1c2ccccc2c2c3c4ccccc4sc3c3sc4ccccc4c3c21.Cn1c2ccccc2c2c3c4ccccc4sc3c3sc4ccccc4c3c21. The summed E-state index contributed by atoms with van der Waals surface area (Å²) in [5, 5.41) is 16.7. The van der Waals surface area contributed by atoms with Crippen LogP contribution in [0.5, 0.6) is 0 Å². The quantitative estimate of drug-likeness (QED) is 0.145. The zero-order valence-corrected chi connectivity index (χ0v) is 33.6. The van der Waals surface area contributed by atoms with Crippen LogP contribution in [-0.2, 0) is 14.1 Å². The predicted octanol–water partition coefficient (Wildman–Crippen LogP) is 16.1. The van der Waals surface area contributed by atoms with Crippen molar-refractivity contribution in [3.8, 4) is 0 Å². The van der Waals surface area contributed by atoms with E-state index in [4.69, 9.17) is 0 Å². The Balaban J connectivity index is 0.000000118. The summed E-state index contributed by atoms with van der Waals surface area (Å²) in [6.45, 7) is 0. The van der Waals surface area contributed by atoms with E-state index in [0.717, 1.165) is 0 Å². The van der Waals surface area contributed by atoms with Crippen LogP contribution in [0.1, 0.15) is 0 Å². The van der Waals surface area contributed by atoms with Gasteiger partial charge in [-0.15, -0.1) is 45.3 Å². The molecule has 0 bridgehead atoms. The summed E-state index contributed by atoms with van der Waals surface area (Å²) in [6.07, 6.45) is 0. The molecule has 2 nitrogen and oxygen atoms in total. The first-order valence-electron chi connectivity index (χ1n) is 18.9. The highest BCUT2D eigenvalue weighted by molar-refractivity contribution is 7.34. The van der Waals surface area contributed by atoms with Crippen LogP contribution in [0, 0.1) is 0 Å². The van der Waals surface area contributed by atoms with Crippen molar-refractivity contribution in [1.29, 1.82) is 0 Å². The first-order valence-corrected chi connectivity index (χ1v) is 22.2. The molecule has 0 radical (unpaired) electrons. The van der Waals surface area contributed by atoms with E-state index >= 15 is 0 Å². The zero-order valence-electron chi connectivity index (χ0n) is 30.4. The first kappa shape index (κ1) is 31.4. The smallest absolute Gasteiger partial charge is 0.0590 e. The lowest BCUT2D eigenvalue weighted by atomic mass is 10.0. The maximum Gasteiger partial charge on any atom is 0.0590 e. The molecule has 0 atom stereocenters. The van der Waals surface area contributed by atoms with Gasteiger partial charge in [0, 0.05) is 109 Å². The molecule has 0 unspecified atom stereocenters. The molecule has 0 N–H and O–H groups in total. The van der Waals surface area contributed by atoms with Crippen LogP contribution in [0.25, 0.3) is 124 Å². The third-order valence-electron chi connectivity index (χ3n) is 12.0. The van der Waals surface area contributed by atoms with Crippen LogP contribution in [0.15, 0.2) is 146 Å². The fourth-order valence-electron chi connectivity index (χ4n) is 9.67. The van der Waals surface area contributed by atoms with E-state index in [9.17, 15) is 0 Å². The first-order chi connectivity index (χ1) is 27.7. The van der Waals surface area contributed by atoms with Gasteiger partial charge in [0.1, 0.15) is 0 Å². The topological polar surface area (TPSA) is 9.86 Å². The average Bonchev–Trinajstić information content (AvgIpc) is 4.09. The maximum atomic E-state index is 2.40. The maximum absolute atomic E-state index is 2.40. The summed E-state index contributed by atoms with van der Waals surface area (Å²) in [4.78, 5) is 0. The van der Waals surface area contributed by atoms with E-state index in [0.29, 0.717) is 0 Å². The summed E-state index contributed by atoms with van der Waals surface area (Å²) in [6, 6.07) is 53.1. The summed E-state index contributed by atoms with van der Waals surface area (Å²) in [7, 11) is 4.44. The number of fused-ring (bicyclic) bond motifs is 24. The highest BCUT2D eigenvalue weighted by Crippen LogP contribution is 2.53. The standard InChI is InChI=1S/2C25H15NS2/c2*1-26-17-11-5-2-8-14(17)20-21-15-9-3-6-12-18(15)27-24(21)25-22(23(20)26)16-10-4-7-13-19(16)28-25/h2*2-13H,1H3. The Morgan fingerprint density at radius 1 is 0.286 bits per heavy atom. The fourth-order valence-corrected chi connectivity index (χ4v) is 14.8. The van der Waals surface area contributed by atoms with Gasteiger partial charge in [0.25, 0.3) is 0 Å². The molecular formula is C50H30N2S4. The van der Waals surface area contributed by atoms with Gasteiger partial charge in [-0.1, -0.05) is 109 Å². The summed E-state index contributed by atoms with van der Waals surface area (Å²) >= 11 is 7.75. The highest BCUT2D eigenvalue weighted by atomic mass is 32.1. The van der Waals surface area contributed by atoms with Gasteiger partial charge in [-0.25, -0.2) is 0 Å². The lowest BCUT2D eigenvalue weighted by molar-refractivity contribution is 1.02. The Bertz CT molecular complexity index is 3710. The molecule has 0 aliphatic heterocycles. The predicted molar refractivity (Wildman–Crippen MR) is 252 cm³/mol. The minimum atomic E-state index is 1.30. The molecular weight excluding hydrogens is 757 g/mol. The van der Waals surface area contributed by atoms with Crippen LogP contribution in [-0.4, -0.2) is 9.13 Å². The monoisotopic (exact) mass is 786 g/mol. The molecule has 14 aromatic rings. The van der Waals surface area contributed by atoms with E-state index < -0.39 is 0 Å². The molecule has 0 spiro atoms. The largest absolute Gasteiger partial charge is 0.343 e. The van der Waals surface area contributed by atoms with Crippen molar-refractivity contribution >= 4 is 170 Å². The van der Waals surface area contributed by atoms with Crippen molar-refractivity contribution in [3.63, 3.8) is 0 Å². The number of thiophene rings is 4. The van der Waals surface area contributed by atoms with Crippen LogP contribution >= 0.6 is 45.3 Å². The highest BCUT2D eigenvalue weighted by Gasteiger charge is 2.24. The van der Waals surface area contributed by atoms with E-state index in [1.54, 1.807) is 0 Å². The normalized spacial score (nSPS) is 12.5. The third kappa shape index (κ3) is 3.99. The summed E-state index contributed by atoms with van der Waals surface area (Å²) < 4.78 is 16.0. The molecule has 14 rings (SSSR count). The van der Waals surface area contributed by atoms with Crippen LogP contribution < -0.4 is 0 Å². The van der Waals surface area contributed by atoms with E-state index in [-0.39, 0.29) is 0 Å². The van der Waals surface area contributed by atoms with Crippen molar-refractivity contribution < 1.29 is 0 Å². The number of para-hydroxylation sites is 2. The fraction of sp³-hybridized carbons (Fsp3) is 0.0400. The van der Waals surface area contributed by atoms with Crippen molar-refractivity contribution in [2.24, 2.45) is 14.1 Å². The molecule has 0 saturated carbocycles. The molecule has 264 valence electrons. The number of aryl methyl sites for hydroxylation is 2. The number of rotatable bonds is 0. The number of nitrogens with zero attached hydrogens (tertiary/aromatic N) is 2. The van der Waals surface area contributed by atoms with E-state index in [2.05, 4.69) is 169 Å². The van der Waals surface area contributed by atoms with E-state index in [1.165, 1.54) is 124 Å². The molecule has 0 amide bonds. The number of hydrogen-bond donors (Lipinski definition) is 0. The van der Waals surface area contributed by atoms with Gasteiger partial charge >= 0.3 is 0 Å². The second-order valence-corrected chi connectivity index (χ2v) is 19.0. The Morgan fingerprint density at radius 3 is 0.911 bits per heavy atom. The Hall–Kier alpha value is -5.76. The van der Waals surface area contributed by atoms with Gasteiger partial charge in [-0.2, -0.15) is 0 Å². The molecule has 0 fully saturated rings. The minimum Gasteiger partial charge on any atom is -0.343 e. The molecule has 8 aromatic carbocycles. The minimum absolute atomic E-state index is 1.30. The number of aromatic nitrogens is 2. The van der Waals surface area contributed by atoms with Gasteiger partial charge in [0.05, 0.1) is 29.8 Å². The molecule has 6 aromatic heterocycles. The van der Waals surface area contributed by atoms with Gasteiger partial charge in [-0.05, 0) is 36.4 Å². The number of benzene rings is 8. The van der Waals surface area contributed by atoms with Gasteiger partial charge in [0.15, 0.2) is 0 Å². The van der Waals surface area contributed by atoms with Crippen LogP contribution in [0.4, 0.5) is 0 Å². The summed E-state index contributed by atoms with van der Waals surface area (Å²) in [5.74, 6) is 0. The molecule has 0 aliphatic rings. The number of hydrogen-bond acceptors (Lipinski definition) is 4. The van der Waals surface area contributed by atoms with Crippen molar-refractivity contribution in [1.82, 2.24) is 9.13 Å². The lowest BCUT2D eigenvalue weighted by Gasteiger charge is -2.03. The Morgan fingerprint density at radius 2 is 0.554 bits per heavy atom. The van der Waals surface area contributed by atoms with Crippen LogP contribution in [0.3, 0.4) is 0 Å². The molecule has 6 heteroatoms. The van der Waals surface area contributed by atoms with Crippen LogP contribution in [0.2, 0.25) is 0 Å². The van der Waals surface area contributed by atoms with Crippen molar-refractivity contribution in [2.45, 2.75) is 0 Å².